The highest BCUT2D eigenvalue weighted by molar-refractivity contribution is 7.89. The van der Waals surface area contributed by atoms with Gasteiger partial charge in [-0.3, -0.25) is 9.59 Å². The number of benzene rings is 3. The van der Waals surface area contributed by atoms with Gasteiger partial charge in [0.05, 0.1) is 4.90 Å². The van der Waals surface area contributed by atoms with Crippen LogP contribution in [0, 0.1) is 5.92 Å². The predicted molar refractivity (Wildman–Crippen MR) is 132 cm³/mol. The van der Waals surface area contributed by atoms with Gasteiger partial charge >= 0.3 is 0 Å². The molecule has 0 atom stereocenters. The minimum Gasteiger partial charge on any atom is -0.352 e. The second-order valence-corrected chi connectivity index (χ2v) is 10.7. The van der Waals surface area contributed by atoms with E-state index in [1.165, 1.54) is 9.21 Å². The fourth-order valence-electron chi connectivity index (χ4n) is 4.24. The number of carbonyl (C=O) groups excluding carboxylic acids is 2. The lowest BCUT2D eigenvalue weighted by molar-refractivity contribution is -0.126. The molecule has 0 aliphatic carbocycles. The maximum absolute atomic E-state index is 13.1. The molecule has 0 saturated carbocycles. The highest BCUT2D eigenvalue weighted by atomic mass is 32.2. The number of fused-ring (bicyclic) bond motifs is 1. The quantitative estimate of drug-likeness (QED) is 0.588. The van der Waals surface area contributed by atoms with Crippen LogP contribution in [0.4, 0.5) is 0 Å². The molecule has 34 heavy (non-hydrogen) atoms. The van der Waals surface area contributed by atoms with E-state index >= 15 is 0 Å². The summed E-state index contributed by atoms with van der Waals surface area (Å²) >= 11 is 0. The second kappa shape index (κ2) is 9.95. The molecule has 1 N–H and O–H groups in total. The van der Waals surface area contributed by atoms with E-state index < -0.39 is 10.0 Å². The van der Waals surface area contributed by atoms with Crippen molar-refractivity contribution in [2.24, 2.45) is 5.92 Å². The second-order valence-electron chi connectivity index (χ2n) is 8.81. The van der Waals surface area contributed by atoms with Crippen LogP contribution in [0.25, 0.3) is 10.8 Å². The van der Waals surface area contributed by atoms with Crippen LogP contribution in [0.15, 0.2) is 71.6 Å². The molecule has 0 bridgehead atoms. The summed E-state index contributed by atoms with van der Waals surface area (Å²) in [5.41, 5.74) is 1.42. The highest BCUT2D eigenvalue weighted by Crippen LogP contribution is 2.26. The molecule has 0 aromatic heterocycles. The number of nitrogens with one attached hydrogen (secondary N) is 1. The van der Waals surface area contributed by atoms with E-state index in [4.69, 9.17) is 0 Å². The Morgan fingerprint density at radius 2 is 1.65 bits per heavy atom. The zero-order chi connectivity index (χ0) is 24.3. The third kappa shape index (κ3) is 5.13. The van der Waals surface area contributed by atoms with Gasteiger partial charge in [-0.1, -0.05) is 42.5 Å². The monoisotopic (exact) mass is 479 g/mol. The zero-order valence-corrected chi connectivity index (χ0v) is 20.2. The Labute approximate surface area is 200 Å². The van der Waals surface area contributed by atoms with Crippen LogP contribution in [0.3, 0.4) is 0 Å². The maximum atomic E-state index is 13.1. The molecule has 1 fully saturated rings. The minimum absolute atomic E-state index is 0.0897. The largest absolute Gasteiger partial charge is 0.352 e. The third-order valence-electron chi connectivity index (χ3n) is 6.23. The first-order valence-corrected chi connectivity index (χ1v) is 12.8. The van der Waals surface area contributed by atoms with E-state index in [1.54, 1.807) is 44.4 Å². The van der Waals surface area contributed by atoms with E-state index in [1.807, 2.05) is 36.4 Å². The molecule has 3 aromatic carbocycles. The molecule has 0 radical (unpaired) electrons. The number of hydrogen-bond donors (Lipinski definition) is 1. The summed E-state index contributed by atoms with van der Waals surface area (Å²) in [6.07, 6.45) is 0.940. The van der Waals surface area contributed by atoms with Gasteiger partial charge in [-0.2, -0.15) is 4.31 Å². The summed E-state index contributed by atoms with van der Waals surface area (Å²) in [6.45, 7) is 0.934. The smallest absolute Gasteiger partial charge is 0.253 e. The minimum atomic E-state index is -3.61. The van der Waals surface area contributed by atoms with E-state index in [9.17, 15) is 18.0 Å². The summed E-state index contributed by atoms with van der Waals surface area (Å²) in [6, 6.07) is 20.0. The Balaban J connectivity index is 1.34. The van der Waals surface area contributed by atoms with Crippen LogP contribution in [0.1, 0.15) is 28.8 Å². The van der Waals surface area contributed by atoms with E-state index in [2.05, 4.69) is 5.32 Å². The standard InChI is InChI=1S/C26H29N3O4S/c1-28(2)26(31)23-9-5-6-19(16-23)18-27-25(30)21-12-14-29(15-13-21)34(32,33)24-11-10-20-7-3-4-8-22(20)17-24/h3-11,16-17,21H,12-15,18H2,1-2H3,(H,27,30). The van der Waals surface area contributed by atoms with Crippen molar-refractivity contribution < 1.29 is 18.0 Å². The van der Waals surface area contributed by atoms with Crippen LogP contribution < -0.4 is 5.32 Å². The molecule has 178 valence electrons. The molecular weight excluding hydrogens is 450 g/mol. The van der Waals surface area contributed by atoms with Crippen LogP contribution >= 0.6 is 0 Å². The van der Waals surface area contributed by atoms with Crippen molar-refractivity contribution >= 4 is 32.6 Å². The van der Waals surface area contributed by atoms with Gasteiger partial charge in [0.25, 0.3) is 5.91 Å². The van der Waals surface area contributed by atoms with Crippen molar-refractivity contribution in [3.63, 3.8) is 0 Å². The van der Waals surface area contributed by atoms with Gasteiger partial charge in [-0.25, -0.2) is 8.42 Å². The van der Waals surface area contributed by atoms with E-state index in [-0.39, 0.29) is 22.6 Å². The average Bonchev–Trinajstić information content (AvgIpc) is 2.86. The van der Waals surface area contributed by atoms with Gasteiger partial charge in [0, 0.05) is 45.2 Å². The third-order valence-corrected chi connectivity index (χ3v) is 8.12. The molecule has 1 aliphatic rings. The maximum Gasteiger partial charge on any atom is 0.253 e. The summed E-state index contributed by atoms with van der Waals surface area (Å²) < 4.78 is 27.8. The van der Waals surface area contributed by atoms with Gasteiger partial charge in [0.15, 0.2) is 0 Å². The number of sulfonamides is 1. The van der Waals surface area contributed by atoms with E-state index in [0.29, 0.717) is 38.0 Å². The number of piperidine rings is 1. The predicted octanol–water partition coefficient (Wildman–Crippen LogP) is 3.26. The molecule has 0 unspecified atom stereocenters. The Morgan fingerprint density at radius 3 is 2.35 bits per heavy atom. The van der Waals surface area contributed by atoms with Crippen molar-refractivity contribution in [3.8, 4) is 0 Å². The lowest BCUT2D eigenvalue weighted by Crippen LogP contribution is -2.42. The first kappa shape index (κ1) is 23.9. The number of rotatable bonds is 6. The summed E-state index contributed by atoms with van der Waals surface area (Å²) in [5.74, 6) is -0.421. The number of hydrogen-bond acceptors (Lipinski definition) is 4. The van der Waals surface area contributed by atoms with Gasteiger partial charge in [0.1, 0.15) is 0 Å². The molecule has 3 aromatic rings. The Morgan fingerprint density at radius 1 is 0.941 bits per heavy atom. The number of carbonyl (C=O) groups is 2. The summed E-state index contributed by atoms with van der Waals surface area (Å²) in [7, 11) is -0.217. The molecule has 1 saturated heterocycles. The first-order valence-electron chi connectivity index (χ1n) is 11.3. The van der Waals surface area contributed by atoms with Crippen molar-refractivity contribution in [2.75, 3.05) is 27.2 Å². The van der Waals surface area contributed by atoms with Gasteiger partial charge in [-0.15, -0.1) is 0 Å². The van der Waals surface area contributed by atoms with Crippen LogP contribution in [0.2, 0.25) is 0 Å². The van der Waals surface area contributed by atoms with Gasteiger partial charge in [-0.05, 0) is 53.4 Å². The molecule has 1 heterocycles. The molecule has 1 aliphatic heterocycles. The number of nitrogens with zero attached hydrogens (tertiary/aromatic N) is 2. The Hall–Kier alpha value is -3.23. The fourth-order valence-corrected chi connectivity index (χ4v) is 5.75. The SMILES string of the molecule is CN(C)C(=O)c1cccc(CNC(=O)C2CCN(S(=O)(=O)c3ccc4ccccc4c3)CC2)c1. The molecular formula is C26H29N3O4S. The van der Waals surface area contributed by atoms with Crippen LogP contribution in [-0.2, 0) is 21.4 Å². The van der Waals surface area contributed by atoms with Crippen molar-refractivity contribution in [1.82, 2.24) is 14.5 Å². The molecule has 4 rings (SSSR count). The van der Waals surface area contributed by atoms with Crippen molar-refractivity contribution in [2.45, 2.75) is 24.3 Å². The highest BCUT2D eigenvalue weighted by Gasteiger charge is 2.32. The first-order chi connectivity index (χ1) is 16.3. The number of amides is 2. The van der Waals surface area contributed by atoms with E-state index in [0.717, 1.165) is 16.3 Å². The fraction of sp³-hybridized carbons (Fsp3) is 0.308. The van der Waals surface area contributed by atoms with Gasteiger partial charge in [0.2, 0.25) is 15.9 Å². The topological polar surface area (TPSA) is 86.8 Å². The summed E-state index contributed by atoms with van der Waals surface area (Å²) in [5, 5.41) is 4.82. The molecule has 7 nitrogen and oxygen atoms in total. The molecule has 0 spiro atoms. The van der Waals surface area contributed by atoms with Crippen LogP contribution in [0.5, 0.6) is 0 Å². The lowest BCUT2D eigenvalue weighted by Gasteiger charge is -2.30. The van der Waals surface area contributed by atoms with Crippen LogP contribution in [-0.4, -0.2) is 56.6 Å². The summed E-state index contributed by atoms with van der Waals surface area (Å²) in [4.78, 5) is 26.7. The Bertz CT molecular complexity index is 1310. The molecule has 8 heteroatoms. The van der Waals surface area contributed by atoms with Crippen molar-refractivity contribution in [1.29, 1.82) is 0 Å². The Kier molecular flexibility index (Phi) is 7.00. The lowest BCUT2D eigenvalue weighted by atomic mass is 9.97. The normalized spacial score (nSPS) is 15.2. The molecule has 2 amide bonds. The average molecular weight is 480 g/mol. The van der Waals surface area contributed by atoms with Gasteiger partial charge < -0.3 is 10.2 Å². The van der Waals surface area contributed by atoms with Crippen molar-refractivity contribution in [3.05, 3.63) is 77.9 Å². The zero-order valence-electron chi connectivity index (χ0n) is 19.4.